The van der Waals surface area contributed by atoms with E-state index in [4.69, 9.17) is 4.53 Å². The summed E-state index contributed by atoms with van der Waals surface area (Å²) in [5.74, 6) is 0. The van der Waals surface area contributed by atoms with E-state index in [2.05, 4.69) is 5.10 Å². The lowest BCUT2D eigenvalue weighted by molar-refractivity contribution is -0.150. The molecule has 0 unspecified atom stereocenters. The van der Waals surface area contributed by atoms with Crippen molar-refractivity contribution in [2.24, 2.45) is 0 Å². The van der Waals surface area contributed by atoms with Gasteiger partial charge in [-0.1, -0.05) is 52.0 Å². The molecule has 0 aliphatic carbocycles. The van der Waals surface area contributed by atoms with Crippen LogP contribution in [-0.4, -0.2) is 19.0 Å². The van der Waals surface area contributed by atoms with Crippen LogP contribution in [0.4, 0.5) is 13.2 Å². The highest BCUT2D eigenvalue weighted by molar-refractivity contribution is 6.48. The van der Waals surface area contributed by atoms with Crippen molar-refractivity contribution in [2.75, 3.05) is 0 Å². The topological polar surface area (TPSA) is 27.1 Å². The van der Waals surface area contributed by atoms with Gasteiger partial charge in [-0.2, -0.15) is 13.2 Å². The Balaban J connectivity index is 2.60. The average Bonchev–Trinajstić information content (AvgIpc) is 2.85. The second-order valence-corrected chi connectivity index (χ2v) is 10.1. The summed E-state index contributed by atoms with van der Waals surface area (Å²) in [6, 6.07) is 7.70. The van der Waals surface area contributed by atoms with Gasteiger partial charge in [-0.3, -0.25) is 0 Å². The molecule has 1 heterocycles. The molecule has 2 rings (SSSR count). The minimum atomic E-state index is -4.53. The summed E-state index contributed by atoms with van der Waals surface area (Å²) in [5.41, 5.74) is 1.31. The lowest BCUT2D eigenvalue weighted by Crippen LogP contribution is -2.29. The summed E-state index contributed by atoms with van der Waals surface area (Å²) in [7, 11) is -1.75. The molecular formula is C19H27F3N2OSi. The van der Waals surface area contributed by atoms with E-state index in [1.807, 2.05) is 65.1 Å². The first kappa shape index (κ1) is 20.5. The van der Waals surface area contributed by atoms with Crippen LogP contribution in [0.15, 0.2) is 24.3 Å². The number of rotatable bonds is 5. The molecule has 0 aliphatic rings. The second kappa shape index (κ2) is 7.46. The fraction of sp³-hybridized carbons (Fsp3) is 0.526. The fourth-order valence-corrected chi connectivity index (χ4v) is 3.40. The third-order valence-electron chi connectivity index (χ3n) is 4.06. The molecule has 7 heteroatoms. The lowest BCUT2D eigenvalue weighted by atomic mass is 9.86. The molecule has 0 saturated heterocycles. The number of hydrogen-bond donors (Lipinski definition) is 0. The van der Waals surface area contributed by atoms with Crippen molar-refractivity contribution in [2.45, 2.75) is 65.2 Å². The van der Waals surface area contributed by atoms with Crippen LogP contribution < -0.4 is 4.53 Å². The van der Waals surface area contributed by atoms with Gasteiger partial charge in [0.2, 0.25) is 0 Å². The number of aryl methyl sites for hydroxylation is 1. The standard InChI is InChI=1S/C19H27F3N2OSi/c1-7-13-8-10-14(11-9-13)12-15-16(18(2,3)4)23-24(25-26(5)6)17(15)19(20,21)22/h8-11,26H,7,12H2,1-6H3. The van der Waals surface area contributed by atoms with Gasteiger partial charge in [0, 0.05) is 17.4 Å². The second-order valence-electron chi connectivity index (χ2n) is 7.80. The van der Waals surface area contributed by atoms with Crippen molar-refractivity contribution in [3.63, 3.8) is 0 Å². The Kier molecular flexibility index (Phi) is 5.90. The molecule has 1 aromatic carbocycles. The van der Waals surface area contributed by atoms with Gasteiger partial charge >= 0.3 is 6.18 Å². The number of benzene rings is 1. The minimum Gasteiger partial charge on any atom is -0.460 e. The van der Waals surface area contributed by atoms with Crippen molar-refractivity contribution in [3.8, 4) is 0 Å². The van der Waals surface area contributed by atoms with Crippen molar-refractivity contribution < 1.29 is 17.7 Å². The molecular weight excluding hydrogens is 357 g/mol. The Morgan fingerprint density at radius 2 is 1.58 bits per heavy atom. The average molecular weight is 385 g/mol. The summed E-state index contributed by atoms with van der Waals surface area (Å²) < 4.78 is 47.1. The molecule has 0 amide bonds. The SMILES string of the molecule is CCc1ccc(Cc2c(C(C)(C)C)nn(O[SiH](C)C)c2C(F)(F)F)cc1. The van der Waals surface area contributed by atoms with Crippen LogP contribution in [0.1, 0.15) is 55.8 Å². The molecule has 26 heavy (non-hydrogen) atoms. The van der Waals surface area contributed by atoms with Crippen LogP contribution in [0.25, 0.3) is 0 Å². The largest absolute Gasteiger partial charge is 0.460 e. The van der Waals surface area contributed by atoms with Crippen molar-refractivity contribution >= 4 is 9.04 Å². The van der Waals surface area contributed by atoms with Crippen LogP contribution >= 0.6 is 0 Å². The van der Waals surface area contributed by atoms with Gasteiger partial charge in [-0.25, -0.2) is 0 Å². The predicted octanol–water partition coefficient (Wildman–Crippen LogP) is 4.76. The quantitative estimate of drug-likeness (QED) is 0.695. The fourth-order valence-electron chi connectivity index (χ4n) is 2.85. The molecule has 0 bridgehead atoms. The van der Waals surface area contributed by atoms with E-state index in [-0.39, 0.29) is 12.0 Å². The first-order valence-electron chi connectivity index (χ1n) is 8.88. The van der Waals surface area contributed by atoms with Crippen LogP contribution in [0.3, 0.4) is 0 Å². The summed E-state index contributed by atoms with van der Waals surface area (Å²) in [6.07, 6.45) is -3.46. The molecule has 2 aromatic rings. The lowest BCUT2D eigenvalue weighted by Gasteiger charge is -2.18. The third-order valence-corrected chi connectivity index (χ3v) is 4.68. The number of hydrogen-bond acceptors (Lipinski definition) is 2. The number of halogens is 3. The van der Waals surface area contributed by atoms with Gasteiger partial charge in [-0.05, 0) is 30.6 Å². The summed E-state index contributed by atoms with van der Waals surface area (Å²) in [5, 5.41) is 4.23. The first-order chi connectivity index (χ1) is 11.9. The predicted molar refractivity (Wildman–Crippen MR) is 100 cm³/mol. The van der Waals surface area contributed by atoms with Crippen LogP contribution in [0.5, 0.6) is 0 Å². The molecule has 0 fully saturated rings. The van der Waals surface area contributed by atoms with E-state index in [0.717, 1.165) is 22.4 Å². The highest BCUT2D eigenvalue weighted by atomic mass is 28.3. The van der Waals surface area contributed by atoms with E-state index in [9.17, 15) is 13.2 Å². The van der Waals surface area contributed by atoms with Crippen molar-refractivity contribution in [3.05, 3.63) is 52.3 Å². The molecule has 0 atom stereocenters. The maximum atomic E-state index is 13.9. The normalized spacial score (nSPS) is 12.7. The van der Waals surface area contributed by atoms with E-state index in [1.165, 1.54) is 0 Å². The van der Waals surface area contributed by atoms with E-state index in [0.29, 0.717) is 5.69 Å². The first-order valence-corrected chi connectivity index (χ1v) is 11.7. The van der Waals surface area contributed by atoms with Gasteiger partial charge in [0.1, 0.15) is 0 Å². The van der Waals surface area contributed by atoms with Gasteiger partial charge in [0.15, 0.2) is 5.69 Å². The Morgan fingerprint density at radius 3 is 2.00 bits per heavy atom. The molecule has 0 saturated carbocycles. The Hall–Kier alpha value is -1.76. The van der Waals surface area contributed by atoms with Crippen molar-refractivity contribution in [1.82, 2.24) is 9.94 Å². The van der Waals surface area contributed by atoms with Crippen LogP contribution in [0.2, 0.25) is 13.1 Å². The number of aromatic nitrogens is 2. The maximum absolute atomic E-state index is 13.9. The van der Waals surface area contributed by atoms with E-state index in [1.54, 1.807) is 0 Å². The molecule has 1 aromatic heterocycles. The molecule has 3 nitrogen and oxygen atoms in total. The molecule has 0 N–H and O–H groups in total. The molecule has 0 spiro atoms. The highest BCUT2D eigenvalue weighted by Crippen LogP contribution is 2.38. The third kappa shape index (κ3) is 4.69. The number of nitrogens with zero attached hydrogens (tertiary/aromatic N) is 2. The monoisotopic (exact) mass is 384 g/mol. The molecule has 0 aliphatic heterocycles. The Bertz CT molecular complexity index is 744. The zero-order valence-corrected chi connectivity index (χ0v) is 17.4. The summed E-state index contributed by atoms with van der Waals surface area (Å²) >= 11 is 0. The van der Waals surface area contributed by atoms with Crippen LogP contribution in [-0.2, 0) is 24.4 Å². The highest BCUT2D eigenvalue weighted by Gasteiger charge is 2.42. The van der Waals surface area contributed by atoms with Gasteiger partial charge in [-0.15, -0.1) is 9.94 Å². The minimum absolute atomic E-state index is 0.175. The van der Waals surface area contributed by atoms with Gasteiger partial charge in [0.05, 0.1) is 5.69 Å². The summed E-state index contributed by atoms with van der Waals surface area (Å²) in [6.45, 7) is 11.3. The van der Waals surface area contributed by atoms with Gasteiger partial charge < -0.3 is 4.53 Å². The molecule has 0 radical (unpaired) electrons. The van der Waals surface area contributed by atoms with E-state index < -0.39 is 26.3 Å². The van der Waals surface area contributed by atoms with Gasteiger partial charge in [0.25, 0.3) is 9.04 Å². The maximum Gasteiger partial charge on any atom is 0.436 e. The zero-order chi connectivity index (χ0) is 19.7. The molecule has 144 valence electrons. The van der Waals surface area contributed by atoms with Crippen molar-refractivity contribution in [1.29, 1.82) is 0 Å². The Morgan fingerprint density at radius 1 is 1.04 bits per heavy atom. The Labute approximate surface area is 154 Å². The van der Waals surface area contributed by atoms with E-state index >= 15 is 0 Å². The zero-order valence-electron chi connectivity index (χ0n) is 16.2. The summed E-state index contributed by atoms with van der Waals surface area (Å²) in [4.78, 5) is 0.729. The number of alkyl halides is 3. The van der Waals surface area contributed by atoms with Crippen LogP contribution in [0, 0.1) is 0 Å². The smallest absolute Gasteiger partial charge is 0.436 e.